The number of carbonyl (C=O) groups excluding carboxylic acids is 2. The van der Waals surface area contributed by atoms with Gasteiger partial charge in [-0.25, -0.2) is 0 Å². The van der Waals surface area contributed by atoms with Crippen LogP contribution in [0.25, 0.3) is 0 Å². The number of ketones is 1. The van der Waals surface area contributed by atoms with E-state index in [1.165, 1.54) is 0 Å². The van der Waals surface area contributed by atoms with Gasteiger partial charge in [0, 0.05) is 11.5 Å². The molecule has 0 aromatic heterocycles. The normalized spacial score (nSPS) is 29.4. The monoisotopic (exact) mass is 278 g/mol. The zero-order valence-corrected chi connectivity index (χ0v) is 12.8. The number of rotatable bonds is 5. The molecule has 0 bridgehead atoms. The summed E-state index contributed by atoms with van der Waals surface area (Å²) in [6.07, 6.45) is 5.60. The molecule has 0 aromatic rings. The van der Waals surface area contributed by atoms with E-state index in [0.717, 1.165) is 32.0 Å². The Hall–Kier alpha value is -1.22. The van der Waals surface area contributed by atoms with Crippen molar-refractivity contribution in [3.05, 3.63) is 23.8 Å². The SMILES string of the molecule is C=C(/C=C(/C)C=O)C(=O)C(C)C1CCC(C)C(O)CC1. The molecule has 1 N–H and O–H groups in total. The summed E-state index contributed by atoms with van der Waals surface area (Å²) in [6, 6.07) is 0. The summed E-state index contributed by atoms with van der Waals surface area (Å²) in [6.45, 7) is 9.44. The minimum Gasteiger partial charge on any atom is -0.393 e. The van der Waals surface area contributed by atoms with Gasteiger partial charge in [-0.1, -0.05) is 20.4 Å². The van der Waals surface area contributed by atoms with Crippen LogP contribution in [0.15, 0.2) is 23.8 Å². The molecule has 0 spiro atoms. The molecule has 3 nitrogen and oxygen atoms in total. The molecule has 20 heavy (non-hydrogen) atoms. The summed E-state index contributed by atoms with van der Waals surface area (Å²) in [7, 11) is 0. The van der Waals surface area contributed by atoms with Gasteiger partial charge in [-0.2, -0.15) is 0 Å². The third-order valence-corrected chi connectivity index (χ3v) is 4.51. The molecule has 0 saturated heterocycles. The van der Waals surface area contributed by atoms with E-state index in [2.05, 4.69) is 13.5 Å². The molecule has 1 saturated carbocycles. The molecule has 3 heteroatoms. The second-order valence-electron chi connectivity index (χ2n) is 6.14. The number of aldehydes is 1. The van der Waals surface area contributed by atoms with Crippen molar-refractivity contribution in [1.82, 2.24) is 0 Å². The summed E-state index contributed by atoms with van der Waals surface area (Å²) in [5, 5.41) is 9.91. The summed E-state index contributed by atoms with van der Waals surface area (Å²) in [5.74, 6) is 0.516. The van der Waals surface area contributed by atoms with Crippen LogP contribution in [0.5, 0.6) is 0 Å². The average molecular weight is 278 g/mol. The van der Waals surface area contributed by atoms with Crippen molar-refractivity contribution >= 4 is 12.1 Å². The fraction of sp³-hybridized carbons (Fsp3) is 0.647. The Balaban J connectivity index is 2.69. The minimum absolute atomic E-state index is 0.0141. The molecule has 4 unspecified atom stereocenters. The number of allylic oxidation sites excluding steroid dienone is 3. The van der Waals surface area contributed by atoms with Crippen molar-refractivity contribution in [3.63, 3.8) is 0 Å². The molecule has 0 aliphatic heterocycles. The lowest BCUT2D eigenvalue weighted by atomic mass is 9.82. The smallest absolute Gasteiger partial charge is 0.165 e. The van der Waals surface area contributed by atoms with Crippen molar-refractivity contribution < 1.29 is 14.7 Å². The molecule has 112 valence electrons. The van der Waals surface area contributed by atoms with Gasteiger partial charge in [-0.05, 0) is 56.1 Å². The Bertz CT molecular complexity index is 396. The first-order valence-corrected chi connectivity index (χ1v) is 7.41. The Morgan fingerprint density at radius 1 is 1.30 bits per heavy atom. The first-order chi connectivity index (χ1) is 9.36. The summed E-state index contributed by atoms with van der Waals surface area (Å²) in [4.78, 5) is 23.0. The molecule has 1 aliphatic carbocycles. The topological polar surface area (TPSA) is 54.4 Å². The van der Waals surface area contributed by atoms with E-state index in [-0.39, 0.29) is 17.8 Å². The maximum atomic E-state index is 12.3. The van der Waals surface area contributed by atoms with Gasteiger partial charge in [0.05, 0.1) is 6.10 Å². The van der Waals surface area contributed by atoms with Crippen molar-refractivity contribution in [2.45, 2.75) is 52.6 Å². The van der Waals surface area contributed by atoms with Crippen molar-refractivity contribution in [3.8, 4) is 0 Å². The highest BCUT2D eigenvalue weighted by molar-refractivity contribution is 6.00. The number of hydrogen-bond donors (Lipinski definition) is 1. The third kappa shape index (κ3) is 4.41. The predicted molar refractivity (Wildman–Crippen MR) is 80.3 cm³/mol. The van der Waals surface area contributed by atoms with Crippen LogP contribution in [-0.4, -0.2) is 23.3 Å². The number of carbonyl (C=O) groups is 2. The van der Waals surface area contributed by atoms with Gasteiger partial charge in [0.25, 0.3) is 0 Å². The van der Waals surface area contributed by atoms with Gasteiger partial charge < -0.3 is 5.11 Å². The zero-order valence-electron chi connectivity index (χ0n) is 12.8. The molecule has 1 rings (SSSR count). The Kier molecular flexibility index (Phi) is 6.34. The van der Waals surface area contributed by atoms with Gasteiger partial charge >= 0.3 is 0 Å². The first kappa shape index (κ1) is 16.8. The van der Waals surface area contributed by atoms with Crippen molar-refractivity contribution in [2.75, 3.05) is 0 Å². The Morgan fingerprint density at radius 2 is 1.90 bits per heavy atom. The lowest BCUT2D eigenvalue weighted by Crippen LogP contribution is -2.22. The standard InChI is InChI=1S/C17H26O3/c1-11(10-18)9-13(3)17(20)14(4)15-6-5-12(2)16(19)8-7-15/h9-10,12,14-16,19H,3,5-8H2,1-2,4H3/b11-9-. The fourth-order valence-corrected chi connectivity index (χ4v) is 2.87. The van der Waals surface area contributed by atoms with Crippen LogP contribution in [-0.2, 0) is 9.59 Å². The van der Waals surface area contributed by atoms with Gasteiger partial charge in [0.2, 0.25) is 0 Å². The largest absolute Gasteiger partial charge is 0.393 e. The average Bonchev–Trinajstić information content (AvgIpc) is 2.60. The number of hydrogen-bond acceptors (Lipinski definition) is 3. The van der Waals surface area contributed by atoms with Gasteiger partial charge in [-0.15, -0.1) is 0 Å². The van der Waals surface area contributed by atoms with Crippen molar-refractivity contribution in [1.29, 1.82) is 0 Å². The van der Waals surface area contributed by atoms with Gasteiger partial charge in [-0.3, -0.25) is 9.59 Å². The number of Topliss-reactive ketones (excluding diaryl/α,β-unsaturated/α-hetero) is 1. The second-order valence-corrected chi connectivity index (χ2v) is 6.14. The van der Waals surface area contributed by atoms with Crippen LogP contribution in [0, 0.1) is 17.8 Å². The highest BCUT2D eigenvalue weighted by Crippen LogP contribution is 2.33. The molecular weight excluding hydrogens is 252 g/mol. The molecular formula is C17H26O3. The summed E-state index contributed by atoms with van der Waals surface area (Å²) < 4.78 is 0. The summed E-state index contributed by atoms with van der Waals surface area (Å²) >= 11 is 0. The van der Waals surface area contributed by atoms with Crippen LogP contribution in [0.2, 0.25) is 0 Å². The van der Waals surface area contributed by atoms with E-state index < -0.39 is 0 Å². The van der Waals surface area contributed by atoms with E-state index in [1.54, 1.807) is 13.0 Å². The van der Waals surface area contributed by atoms with Crippen LogP contribution in [0.3, 0.4) is 0 Å². The molecule has 0 heterocycles. The predicted octanol–water partition coefficient (Wildman–Crippen LogP) is 3.08. The maximum absolute atomic E-state index is 12.3. The molecule has 0 amide bonds. The van der Waals surface area contributed by atoms with E-state index in [0.29, 0.717) is 23.0 Å². The molecule has 1 aliphatic rings. The minimum atomic E-state index is -0.247. The lowest BCUT2D eigenvalue weighted by Gasteiger charge is -2.21. The van der Waals surface area contributed by atoms with Crippen LogP contribution in [0.4, 0.5) is 0 Å². The second kappa shape index (κ2) is 7.53. The van der Waals surface area contributed by atoms with Gasteiger partial charge in [0.1, 0.15) is 6.29 Å². The fourth-order valence-electron chi connectivity index (χ4n) is 2.87. The number of aliphatic hydroxyl groups excluding tert-OH is 1. The highest BCUT2D eigenvalue weighted by Gasteiger charge is 2.29. The van der Waals surface area contributed by atoms with Gasteiger partial charge in [0.15, 0.2) is 5.78 Å². The van der Waals surface area contributed by atoms with Crippen LogP contribution < -0.4 is 0 Å². The first-order valence-electron chi connectivity index (χ1n) is 7.41. The van der Waals surface area contributed by atoms with E-state index in [4.69, 9.17) is 0 Å². The molecule has 4 atom stereocenters. The third-order valence-electron chi connectivity index (χ3n) is 4.51. The lowest BCUT2D eigenvalue weighted by molar-refractivity contribution is -0.120. The van der Waals surface area contributed by atoms with Crippen LogP contribution >= 0.6 is 0 Å². The van der Waals surface area contributed by atoms with Crippen molar-refractivity contribution in [2.24, 2.45) is 17.8 Å². The quantitative estimate of drug-likeness (QED) is 0.364. The Morgan fingerprint density at radius 3 is 2.50 bits per heavy atom. The number of aliphatic hydroxyl groups is 1. The zero-order chi connectivity index (χ0) is 15.3. The summed E-state index contributed by atoms with van der Waals surface area (Å²) in [5.41, 5.74) is 0.917. The molecule has 0 aromatic carbocycles. The highest BCUT2D eigenvalue weighted by atomic mass is 16.3. The molecule has 0 radical (unpaired) electrons. The van der Waals surface area contributed by atoms with E-state index in [1.807, 2.05) is 6.92 Å². The molecule has 1 fully saturated rings. The maximum Gasteiger partial charge on any atom is 0.165 e. The van der Waals surface area contributed by atoms with E-state index in [9.17, 15) is 14.7 Å². The van der Waals surface area contributed by atoms with E-state index >= 15 is 0 Å². The van der Waals surface area contributed by atoms with Crippen LogP contribution in [0.1, 0.15) is 46.5 Å². The Labute approximate surface area is 121 Å².